The van der Waals surface area contributed by atoms with Gasteiger partial charge in [0.1, 0.15) is 5.75 Å². The Bertz CT molecular complexity index is 611. The Labute approximate surface area is 133 Å². The van der Waals surface area contributed by atoms with Crippen molar-refractivity contribution in [3.8, 4) is 5.75 Å². The molecular weight excluding hydrogens is 272 g/mol. The second-order valence-electron chi connectivity index (χ2n) is 5.11. The van der Waals surface area contributed by atoms with Gasteiger partial charge in [-0.3, -0.25) is 4.79 Å². The van der Waals surface area contributed by atoms with E-state index < -0.39 is 0 Å². The van der Waals surface area contributed by atoms with Crippen molar-refractivity contribution in [1.29, 1.82) is 0 Å². The molecule has 116 valence electrons. The van der Waals surface area contributed by atoms with Gasteiger partial charge in [0.15, 0.2) is 5.78 Å². The van der Waals surface area contributed by atoms with Gasteiger partial charge in [-0.2, -0.15) is 0 Å². The maximum Gasteiger partial charge on any atom is 0.162 e. The fourth-order valence-electron chi connectivity index (χ4n) is 2.09. The van der Waals surface area contributed by atoms with E-state index in [1.54, 1.807) is 12.1 Å². The zero-order valence-electron chi connectivity index (χ0n) is 13.6. The molecule has 0 saturated heterocycles. The number of ketones is 1. The normalized spacial score (nSPS) is 12.7. The van der Waals surface area contributed by atoms with Crippen LogP contribution in [0.1, 0.15) is 37.8 Å². The SMILES string of the molecule is C=C\C(=C/C(=C\C)/C=C/c1c(C)cccc1O)C(=O)CCC. The first-order valence-electron chi connectivity index (χ1n) is 7.53. The molecule has 0 atom stereocenters. The number of Topliss-reactive ketones (excluding diaryl/α,β-unsaturated/α-hetero) is 1. The van der Waals surface area contributed by atoms with Crippen LogP contribution in [0.25, 0.3) is 6.08 Å². The van der Waals surface area contributed by atoms with Gasteiger partial charge < -0.3 is 5.11 Å². The van der Waals surface area contributed by atoms with E-state index in [2.05, 4.69) is 6.58 Å². The van der Waals surface area contributed by atoms with Crippen LogP contribution in [0.15, 0.2) is 60.2 Å². The Kier molecular flexibility index (Phi) is 7.11. The van der Waals surface area contributed by atoms with Crippen molar-refractivity contribution in [2.45, 2.75) is 33.6 Å². The molecule has 0 fully saturated rings. The third kappa shape index (κ3) is 4.88. The highest BCUT2D eigenvalue weighted by atomic mass is 16.3. The lowest BCUT2D eigenvalue weighted by Crippen LogP contribution is -1.99. The molecule has 1 rings (SSSR count). The minimum Gasteiger partial charge on any atom is -0.507 e. The number of hydrogen-bond donors (Lipinski definition) is 1. The van der Waals surface area contributed by atoms with Gasteiger partial charge in [-0.25, -0.2) is 0 Å². The average Bonchev–Trinajstić information content (AvgIpc) is 2.50. The minimum atomic E-state index is 0.101. The number of aryl methyl sites for hydroxylation is 1. The Hall–Kier alpha value is -2.35. The number of phenolic OH excluding ortho intramolecular Hbond substituents is 1. The smallest absolute Gasteiger partial charge is 0.162 e. The maximum atomic E-state index is 12.0. The van der Waals surface area contributed by atoms with Crippen LogP contribution >= 0.6 is 0 Å². The number of hydrogen-bond acceptors (Lipinski definition) is 2. The summed E-state index contributed by atoms with van der Waals surface area (Å²) in [5.41, 5.74) is 3.31. The van der Waals surface area contributed by atoms with Gasteiger partial charge in [0.2, 0.25) is 0 Å². The first-order valence-corrected chi connectivity index (χ1v) is 7.53. The van der Waals surface area contributed by atoms with Crippen LogP contribution in [0, 0.1) is 6.92 Å². The highest BCUT2D eigenvalue weighted by molar-refractivity contribution is 5.98. The molecule has 0 saturated carbocycles. The van der Waals surface area contributed by atoms with Crippen LogP contribution in [0.5, 0.6) is 5.75 Å². The second-order valence-corrected chi connectivity index (χ2v) is 5.11. The first-order chi connectivity index (χ1) is 10.5. The lowest BCUT2D eigenvalue weighted by Gasteiger charge is -2.04. The molecule has 1 aromatic carbocycles. The van der Waals surface area contributed by atoms with E-state index in [1.807, 2.05) is 57.2 Å². The van der Waals surface area contributed by atoms with E-state index in [1.165, 1.54) is 0 Å². The molecule has 0 aliphatic carbocycles. The lowest BCUT2D eigenvalue weighted by atomic mass is 10.0. The van der Waals surface area contributed by atoms with Crippen LogP contribution < -0.4 is 0 Å². The van der Waals surface area contributed by atoms with Gasteiger partial charge in [0.25, 0.3) is 0 Å². The molecule has 2 heteroatoms. The summed E-state index contributed by atoms with van der Waals surface area (Å²) in [6, 6.07) is 5.43. The molecule has 0 spiro atoms. The number of rotatable bonds is 7. The molecular formula is C20H24O2. The molecule has 1 aromatic rings. The molecule has 1 N–H and O–H groups in total. The fraction of sp³-hybridized carbons (Fsp3) is 0.250. The zero-order chi connectivity index (χ0) is 16.5. The molecule has 0 amide bonds. The van der Waals surface area contributed by atoms with E-state index >= 15 is 0 Å². The van der Waals surface area contributed by atoms with Gasteiger partial charge >= 0.3 is 0 Å². The highest BCUT2D eigenvalue weighted by Gasteiger charge is 2.05. The molecule has 0 unspecified atom stereocenters. The van der Waals surface area contributed by atoms with E-state index in [-0.39, 0.29) is 11.5 Å². The molecule has 0 aliphatic heterocycles. The van der Waals surface area contributed by atoms with Crippen LogP contribution in [-0.4, -0.2) is 10.9 Å². The van der Waals surface area contributed by atoms with E-state index in [0.29, 0.717) is 12.0 Å². The predicted molar refractivity (Wildman–Crippen MR) is 93.8 cm³/mol. The number of carbonyl (C=O) groups excluding carboxylic acids is 1. The van der Waals surface area contributed by atoms with Gasteiger partial charge in [-0.05, 0) is 43.5 Å². The standard InChI is InChI=1S/C20H24O2/c1-5-9-19(21)17(7-3)14-16(6-2)12-13-18-15(4)10-8-11-20(18)22/h6-8,10-14,22H,3,5,9H2,1-2,4H3/b13-12+,16-6-,17-14+. The van der Waals surface area contributed by atoms with Gasteiger partial charge in [-0.1, -0.05) is 49.9 Å². The predicted octanol–water partition coefficient (Wildman–Crippen LogP) is 5.14. The van der Waals surface area contributed by atoms with Crippen LogP contribution in [0.3, 0.4) is 0 Å². The van der Waals surface area contributed by atoms with Gasteiger partial charge in [-0.15, -0.1) is 0 Å². The van der Waals surface area contributed by atoms with Crippen molar-refractivity contribution >= 4 is 11.9 Å². The van der Waals surface area contributed by atoms with E-state index in [0.717, 1.165) is 23.1 Å². The summed E-state index contributed by atoms with van der Waals surface area (Å²) in [4.78, 5) is 12.0. The van der Waals surface area contributed by atoms with Crippen LogP contribution in [0.2, 0.25) is 0 Å². The molecule has 22 heavy (non-hydrogen) atoms. The van der Waals surface area contributed by atoms with Crippen molar-refractivity contribution < 1.29 is 9.90 Å². The summed E-state index contributed by atoms with van der Waals surface area (Å²) in [6.07, 6.45) is 10.5. The Balaban J connectivity index is 3.05. The van der Waals surface area contributed by atoms with Crippen molar-refractivity contribution in [3.63, 3.8) is 0 Å². The Morgan fingerprint density at radius 2 is 2.09 bits per heavy atom. The number of benzene rings is 1. The summed E-state index contributed by atoms with van der Waals surface area (Å²) in [7, 11) is 0. The third-order valence-electron chi connectivity index (χ3n) is 3.42. The molecule has 2 nitrogen and oxygen atoms in total. The average molecular weight is 296 g/mol. The number of allylic oxidation sites excluding steroid dienone is 6. The maximum absolute atomic E-state index is 12.0. The summed E-state index contributed by atoms with van der Waals surface area (Å²) < 4.78 is 0. The zero-order valence-corrected chi connectivity index (χ0v) is 13.6. The van der Waals surface area contributed by atoms with E-state index in [4.69, 9.17) is 0 Å². The summed E-state index contributed by atoms with van der Waals surface area (Å²) in [5, 5.41) is 9.91. The van der Waals surface area contributed by atoms with Crippen molar-refractivity contribution in [2.75, 3.05) is 0 Å². The first kappa shape index (κ1) is 17.7. The quantitative estimate of drug-likeness (QED) is 0.558. The summed E-state index contributed by atoms with van der Waals surface area (Å²) in [6.45, 7) is 9.56. The second kappa shape index (κ2) is 8.83. The van der Waals surface area contributed by atoms with Crippen LogP contribution in [-0.2, 0) is 4.79 Å². The number of aromatic hydroxyl groups is 1. The minimum absolute atomic E-state index is 0.101. The Morgan fingerprint density at radius 1 is 1.36 bits per heavy atom. The van der Waals surface area contributed by atoms with Crippen LogP contribution in [0.4, 0.5) is 0 Å². The highest BCUT2D eigenvalue weighted by Crippen LogP contribution is 2.23. The lowest BCUT2D eigenvalue weighted by molar-refractivity contribution is -0.115. The molecule has 0 aliphatic rings. The van der Waals surface area contributed by atoms with Gasteiger partial charge in [0.05, 0.1) is 0 Å². The number of phenols is 1. The number of carbonyl (C=O) groups is 1. The van der Waals surface area contributed by atoms with Crippen molar-refractivity contribution in [1.82, 2.24) is 0 Å². The Morgan fingerprint density at radius 3 is 2.64 bits per heavy atom. The topological polar surface area (TPSA) is 37.3 Å². The molecule has 0 bridgehead atoms. The fourth-order valence-corrected chi connectivity index (χ4v) is 2.09. The largest absolute Gasteiger partial charge is 0.507 e. The molecule has 0 heterocycles. The van der Waals surface area contributed by atoms with Gasteiger partial charge in [0, 0.05) is 17.6 Å². The van der Waals surface area contributed by atoms with Crippen molar-refractivity contribution in [3.05, 3.63) is 71.4 Å². The monoisotopic (exact) mass is 296 g/mol. The third-order valence-corrected chi connectivity index (χ3v) is 3.42. The summed E-state index contributed by atoms with van der Waals surface area (Å²) in [5.74, 6) is 0.352. The van der Waals surface area contributed by atoms with Crippen molar-refractivity contribution in [2.24, 2.45) is 0 Å². The molecule has 0 aromatic heterocycles. The summed E-state index contributed by atoms with van der Waals surface area (Å²) >= 11 is 0. The van der Waals surface area contributed by atoms with E-state index in [9.17, 15) is 9.90 Å². The molecule has 0 radical (unpaired) electrons.